The van der Waals surface area contributed by atoms with Crippen LogP contribution < -0.4 is 5.32 Å². The largest absolute Gasteiger partial charge is 0.315 e. The molecular weight excluding hydrogens is 124 g/mol. The molecule has 0 spiro atoms. The van der Waals surface area contributed by atoms with E-state index in [-0.39, 0.29) is 0 Å². The molecule has 3 heteroatoms. The van der Waals surface area contributed by atoms with Gasteiger partial charge in [0.15, 0.2) is 0 Å². The monoisotopic (exact) mass is 136 g/mol. The summed E-state index contributed by atoms with van der Waals surface area (Å²) in [6.07, 6.45) is -1.71. The molecule has 0 bridgehead atoms. The van der Waals surface area contributed by atoms with E-state index in [0.29, 0.717) is 13.0 Å². The molecule has 0 aromatic heterocycles. The Bertz CT molecular complexity index is 66.1. The molecule has 55 valence electrons. The van der Waals surface area contributed by atoms with Crippen LogP contribution in [0, 0.1) is 13.0 Å². The zero-order valence-electron chi connectivity index (χ0n) is 5.53. The van der Waals surface area contributed by atoms with E-state index in [1.807, 2.05) is 0 Å². The third-order valence-corrected chi connectivity index (χ3v) is 1.21. The van der Waals surface area contributed by atoms with Gasteiger partial charge in [-0.15, -0.1) is 0 Å². The van der Waals surface area contributed by atoms with E-state index in [9.17, 15) is 8.78 Å². The molecule has 1 nitrogen and oxygen atoms in total. The Morgan fingerprint density at radius 3 is 2.44 bits per heavy atom. The Balaban J connectivity index is 3.16. The van der Waals surface area contributed by atoms with Crippen molar-refractivity contribution in [3.8, 4) is 0 Å². The highest BCUT2D eigenvalue weighted by atomic mass is 19.3. The van der Waals surface area contributed by atoms with Gasteiger partial charge in [0.05, 0.1) is 0 Å². The van der Waals surface area contributed by atoms with E-state index in [1.165, 1.54) is 6.92 Å². The molecular formula is C6H12F2N. The van der Waals surface area contributed by atoms with Crippen LogP contribution >= 0.6 is 0 Å². The van der Waals surface area contributed by atoms with Gasteiger partial charge in [-0.25, -0.2) is 8.78 Å². The summed E-state index contributed by atoms with van der Waals surface area (Å²) in [4.78, 5) is 0. The fourth-order valence-corrected chi connectivity index (χ4v) is 0.456. The van der Waals surface area contributed by atoms with Gasteiger partial charge in [-0.05, 0) is 13.0 Å². The Hall–Kier alpha value is -0.180. The lowest BCUT2D eigenvalue weighted by molar-refractivity contribution is 0.0824. The van der Waals surface area contributed by atoms with Gasteiger partial charge in [0.2, 0.25) is 6.43 Å². The van der Waals surface area contributed by atoms with E-state index < -0.39 is 12.3 Å². The minimum absolute atomic E-state index is 0.487. The van der Waals surface area contributed by atoms with Gasteiger partial charge < -0.3 is 5.32 Å². The van der Waals surface area contributed by atoms with Crippen molar-refractivity contribution >= 4 is 0 Å². The highest BCUT2D eigenvalue weighted by molar-refractivity contribution is 4.56. The molecule has 0 saturated heterocycles. The first-order chi connectivity index (χ1) is 4.18. The minimum atomic E-state index is -2.20. The molecule has 1 atom stereocenters. The molecule has 1 radical (unpaired) electrons. The third-order valence-electron chi connectivity index (χ3n) is 1.21. The van der Waals surface area contributed by atoms with Gasteiger partial charge in [0.1, 0.15) is 0 Å². The fourth-order valence-electron chi connectivity index (χ4n) is 0.456. The van der Waals surface area contributed by atoms with Gasteiger partial charge in [-0.3, -0.25) is 0 Å². The van der Waals surface area contributed by atoms with Gasteiger partial charge in [-0.1, -0.05) is 6.92 Å². The number of hydrogen-bond acceptors (Lipinski definition) is 1. The van der Waals surface area contributed by atoms with E-state index in [4.69, 9.17) is 0 Å². The molecule has 0 aliphatic carbocycles. The Labute approximate surface area is 54.4 Å². The van der Waals surface area contributed by atoms with Crippen LogP contribution in [0.25, 0.3) is 0 Å². The first-order valence-electron chi connectivity index (χ1n) is 2.96. The summed E-state index contributed by atoms with van der Waals surface area (Å²) in [6, 6.07) is 0. The second-order valence-electron chi connectivity index (χ2n) is 2.10. The van der Waals surface area contributed by atoms with E-state index in [2.05, 4.69) is 12.4 Å². The Morgan fingerprint density at radius 1 is 1.56 bits per heavy atom. The molecule has 0 saturated carbocycles. The number of nitrogens with one attached hydrogen (secondary N) is 1. The smallest absolute Gasteiger partial charge is 0.241 e. The van der Waals surface area contributed by atoms with Crippen molar-refractivity contribution in [1.82, 2.24) is 5.32 Å². The van der Waals surface area contributed by atoms with E-state index in [0.717, 1.165) is 0 Å². The van der Waals surface area contributed by atoms with Gasteiger partial charge in [-0.2, -0.15) is 0 Å². The van der Waals surface area contributed by atoms with Crippen LogP contribution in [0.3, 0.4) is 0 Å². The predicted octanol–water partition coefficient (Wildman–Crippen LogP) is 1.66. The predicted molar refractivity (Wildman–Crippen MR) is 33.1 cm³/mol. The summed E-state index contributed by atoms with van der Waals surface area (Å²) >= 11 is 0. The molecule has 1 N–H and O–H groups in total. The number of hydrogen-bond donors (Lipinski definition) is 1. The summed E-state index contributed by atoms with van der Waals surface area (Å²) in [5, 5.41) is 2.57. The maximum absolute atomic E-state index is 11.7. The van der Waals surface area contributed by atoms with Crippen LogP contribution in [0.15, 0.2) is 0 Å². The molecule has 0 amide bonds. The molecule has 0 aromatic rings. The average Bonchev–Trinajstić information content (AvgIpc) is 1.82. The zero-order chi connectivity index (χ0) is 7.28. The lowest BCUT2D eigenvalue weighted by Gasteiger charge is -2.07. The summed E-state index contributed by atoms with van der Waals surface area (Å²) in [5.41, 5.74) is 0. The summed E-state index contributed by atoms with van der Waals surface area (Å²) in [7, 11) is 3.32. The minimum Gasteiger partial charge on any atom is -0.315 e. The maximum atomic E-state index is 11.7. The lowest BCUT2D eigenvalue weighted by atomic mass is 10.1. The van der Waals surface area contributed by atoms with Crippen LogP contribution in [-0.4, -0.2) is 13.0 Å². The summed E-state index contributed by atoms with van der Waals surface area (Å²) in [5.74, 6) is -0.515. The summed E-state index contributed by atoms with van der Waals surface area (Å²) in [6.45, 7) is 2.09. The maximum Gasteiger partial charge on any atom is 0.241 e. The molecule has 0 fully saturated rings. The Kier molecular flexibility index (Phi) is 4.58. The lowest BCUT2D eigenvalue weighted by Crippen LogP contribution is -2.14. The van der Waals surface area contributed by atoms with Gasteiger partial charge in [0, 0.05) is 13.0 Å². The van der Waals surface area contributed by atoms with Crippen molar-refractivity contribution in [2.75, 3.05) is 6.54 Å². The molecule has 0 aliphatic rings. The molecule has 0 unspecified atom stereocenters. The number of alkyl halides is 2. The SMILES string of the molecule is [CH2]NCC[C@H](C)C(F)F. The van der Waals surface area contributed by atoms with Crippen LogP contribution in [0.1, 0.15) is 13.3 Å². The van der Waals surface area contributed by atoms with Crippen molar-refractivity contribution in [3.05, 3.63) is 7.05 Å². The second-order valence-corrected chi connectivity index (χ2v) is 2.10. The zero-order valence-corrected chi connectivity index (χ0v) is 5.53. The average molecular weight is 136 g/mol. The van der Waals surface area contributed by atoms with Gasteiger partial charge in [0.25, 0.3) is 0 Å². The number of rotatable bonds is 4. The molecule has 0 heterocycles. The van der Waals surface area contributed by atoms with Crippen molar-refractivity contribution < 1.29 is 8.78 Å². The first kappa shape index (κ1) is 8.82. The third kappa shape index (κ3) is 4.33. The quantitative estimate of drug-likeness (QED) is 0.619. The van der Waals surface area contributed by atoms with Crippen LogP contribution in [0.2, 0.25) is 0 Å². The van der Waals surface area contributed by atoms with Crippen LogP contribution in [-0.2, 0) is 0 Å². The topological polar surface area (TPSA) is 12.0 Å². The van der Waals surface area contributed by atoms with E-state index >= 15 is 0 Å². The van der Waals surface area contributed by atoms with Crippen molar-refractivity contribution in [2.24, 2.45) is 5.92 Å². The van der Waals surface area contributed by atoms with Crippen LogP contribution in [0.4, 0.5) is 8.78 Å². The molecule has 0 aliphatic heterocycles. The molecule has 0 aromatic carbocycles. The van der Waals surface area contributed by atoms with E-state index in [1.54, 1.807) is 0 Å². The highest BCUT2D eigenvalue weighted by Gasteiger charge is 2.12. The standard InChI is InChI=1S/C6H12F2N/c1-5(6(7)8)3-4-9-2/h5-6,9H,2-4H2,1H3/t5-/m0/s1. The normalized spacial score (nSPS) is 14.3. The van der Waals surface area contributed by atoms with Crippen LogP contribution in [0.5, 0.6) is 0 Å². The molecule has 0 rings (SSSR count). The van der Waals surface area contributed by atoms with Crippen molar-refractivity contribution in [2.45, 2.75) is 19.8 Å². The fraction of sp³-hybridized carbons (Fsp3) is 0.833. The Morgan fingerprint density at radius 2 is 2.11 bits per heavy atom. The second kappa shape index (κ2) is 4.68. The number of halogens is 2. The van der Waals surface area contributed by atoms with Crippen molar-refractivity contribution in [3.63, 3.8) is 0 Å². The van der Waals surface area contributed by atoms with Gasteiger partial charge >= 0.3 is 0 Å². The molecule has 9 heavy (non-hydrogen) atoms. The van der Waals surface area contributed by atoms with Crippen molar-refractivity contribution in [1.29, 1.82) is 0 Å². The summed E-state index contributed by atoms with van der Waals surface area (Å²) < 4.78 is 23.4. The first-order valence-corrected chi connectivity index (χ1v) is 2.96. The highest BCUT2D eigenvalue weighted by Crippen LogP contribution is 2.11.